The molecule has 0 aliphatic carbocycles. The maximum atomic E-state index is 11.3. The molecule has 2 atom stereocenters. The minimum Gasteiger partial charge on any atom is -0.366 e. The van der Waals surface area contributed by atoms with Crippen LogP contribution in [0, 0.1) is 0 Å². The molecule has 0 bridgehead atoms. The van der Waals surface area contributed by atoms with Gasteiger partial charge in [-0.05, 0) is 31.5 Å². The van der Waals surface area contributed by atoms with E-state index in [1.807, 2.05) is 6.07 Å². The van der Waals surface area contributed by atoms with Crippen molar-refractivity contribution in [2.24, 2.45) is 5.73 Å². The van der Waals surface area contributed by atoms with Crippen LogP contribution in [-0.2, 0) is 0 Å². The number of halogens is 1. The maximum Gasteiger partial charge on any atom is 0.250 e. The Morgan fingerprint density at radius 3 is 2.41 bits per heavy atom. The van der Waals surface area contributed by atoms with E-state index in [2.05, 4.69) is 24.7 Å². The summed E-state index contributed by atoms with van der Waals surface area (Å²) < 4.78 is 0. The second kappa shape index (κ2) is 4.64. The highest BCUT2D eigenvalue weighted by Gasteiger charge is 2.31. The van der Waals surface area contributed by atoms with E-state index >= 15 is 0 Å². The number of primary amides is 1. The number of hydrazine groups is 1. The lowest BCUT2D eigenvalue weighted by molar-refractivity contribution is 0.100. The Hall–Kier alpha value is -1.10. The number of carbonyl (C=O) groups is 1. The van der Waals surface area contributed by atoms with Crippen molar-refractivity contribution in [3.05, 3.63) is 34.3 Å². The summed E-state index contributed by atoms with van der Waals surface area (Å²) in [6.07, 6.45) is 0. The van der Waals surface area contributed by atoms with E-state index in [-0.39, 0.29) is 0 Å². The van der Waals surface area contributed by atoms with E-state index in [0.717, 1.165) is 5.56 Å². The lowest BCUT2D eigenvalue weighted by atomic mass is 9.88. The van der Waals surface area contributed by atoms with Gasteiger partial charge in [0.1, 0.15) is 0 Å². The van der Waals surface area contributed by atoms with Crippen molar-refractivity contribution >= 4 is 17.5 Å². The van der Waals surface area contributed by atoms with Crippen LogP contribution in [0.4, 0.5) is 0 Å². The lowest BCUT2D eigenvalue weighted by Crippen LogP contribution is -2.30. The first kappa shape index (κ1) is 12.4. The number of carbonyl (C=O) groups excluding carboxylic acids is 1. The topological polar surface area (TPSA) is 67.2 Å². The minimum absolute atomic E-state index is 0.297. The van der Waals surface area contributed by atoms with Crippen molar-refractivity contribution in [1.82, 2.24) is 10.9 Å². The molecule has 0 saturated carbocycles. The first-order valence-corrected chi connectivity index (χ1v) is 5.99. The summed E-state index contributed by atoms with van der Waals surface area (Å²) in [7, 11) is 0. The molecule has 17 heavy (non-hydrogen) atoms. The first-order valence-electron chi connectivity index (χ1n) is 5.61. The standard InChI is InChI=1S/C12H16ClN3O/c1-6-11(7(2)16-15-6)8-3-4-10(13)9(5-8)12(14)17/h3-7,11,15-16H,1-2H3,(H2,14,17). The van der Waals surface area contributed by atoms with E-state index in [9.17, 15) is 4.79 Å². The predicted octanol–water partition coefficient (Wildman–Crippen LogP) is 1.41. The smallest absolute Gasteiger partial charge is 0.250 e. The summed E-state index contributed by atoms with van der Waals surface area (Å²) in [6.45, 7) is 4.19. The number of hydrogen-bond donors (Lipinski definition) is 3. The second-order valence-electron chi connectivity index (χ2n) is 4.50. The third-order valence-electron chi connectivity index (χ3n) is 3.26. The van der Waals surface area contributed by atoms with Gasteiger partial charge in [-0.3, -0.25) is 15.6 Å². The second-order valence-corrected chi connectivity index (χ2v) is 4.90. The molecule has 0 aromatic heterocycles. The number of nitrogens with one attached hydrogen (secondary N) is 2. The molecule has 4 nitrogen and oxygen atoms in total. The highest BCUT2D eigenvalue weighted by Crippen LogP contribution is 2.29. The molecule has 0 radical (unpaired) electrons. The van der Waals surface area contributed by atoms with Gasteiger partial charge in [-0.15, -0.1) is 0 Å². The molecular formula is C12H16ClN3O. The molecule has 5 heteroatoms. The normalized spacial score (nSPS) is 28.3. The van der Waals surface area contributed by atoms with E-state index in [4.69, 9.17) is 17.3 Å². The molecule has 1 heterocycles. The maximum absolute atomic E-state index is 11.3. The molecule has 1 aromatic rings. The number of rotatable bonds is 2. The van der Waals surface area contributed by atoms with Gasteiger partial charge in [-0.1, -0.05) is 17.7 Å². The zero-order chi connectivity index (χ0) is 12.6. The average Bonchev–Trinajstić information content (AvgIpc) is 2.59. The van der Waals surface area contributed by atoms with Crippen LogP contribution < -0.4 is 16.6 Å². The van der Waals surface area contributed by atoms with Gasteiger partial charge in [-0.25, -0.2) is 0 Å². The van der Waals surface area contributed by atoms with Gasteiger partial charge in [0.15, 0.2) is 0 Å². The van der Waals surface area contributed by atoms with E-state index in [1.165, 1.54) is 0 Å². The molecule has 1 aromatic carbocycles. The van der Waals surface area contributed by atoms with Gasteiger partial charge < -0.3 is 5.73 Å². The summed E-state index contributed by atoms with van der Waals surface area (Å²) in [5.41, 5.74) is 13.1. The quantitative estimate of drug-likeness (QED) is 0.747. The molecule has 1 aliphatic rings. The molecule has 4 N–H and O–H groups in total. The van der Waals surface area contributed by atoms with Crippen molar-refractivity contribution in [2.45, 2.75) is 31.8 Å². The average molecular weight is 254 g/mol. The third-order valence-corrected chi connectivity index (χ3v) is 3.59. The third kappa shape index (κ3) is 2.29. The fourth-order valence-electron chi connectivity index (χ4n) is 2.39. The molecular weight excluding hydrogens is 238 g/mol. The van der Waals surface area contributed by atoms with Crippen molar-refractivity contribution in [3.63, 3.8) is 0 Å². The minimum atomic E-state index is -0.490. The first-order chi connectivity index (χ1) is 8.00. The Balaban J connectivity index is 2.39. The number of amides is 1. The molecule has 2 unspecified atom stereocenters. The van der Waals surface area contributed by atoms with Gasteiger partial charge in [0, 0.05) is 18.0 Å². The number of nitrogens with two attached hydrogens (primary N) is 1. The molecule has 1 fully saturated rings. The number of hydrogen-bond acceptors (Lipinski definition) is 3. The fourth-order valence-corrected chi connectivity index (χ4v) is 2.60. The van der Waals surface area contributed by atoms with Crippen LogP contribution in [0.2, 0.25) is 5.02 Å². The predicted molar refractivity (Wildman–Crippen MR) is 67.9 cm³/mol. The highest BCUT2D eigenvalue weighted by atomic mass is 35.5. The summed E-state index contributed by atoms with van der Waals surface area (Å²) >= 11 is 5.94. The molecule has 1 amide bonds. The zero-order valence-corrected chi connectivity index (χ0v) is 10.6. The Morgan fingerprint density at radius 1 is 1.29 bits per heavy atom. The van der Waals surface area contributed by atoms with Crippen molar-refractivity contribution < 1.29 is 4.79 Å². The van der Waals surface area contributed by atoms with Gasteiger partial charge in [0.2, 0.25) is 5.91 Å². The van der Waals surface area contributed by atoms with Crippen molar-refractivity contribution in [1.29, 1.82) is 0 Å². The summed E-state index contributed by atoms with van der Waals surface area (Å²) in [5.74, 6) is -0.193. The van der Waals surface area contributed by atoms with Crippen LogP contribution in [0.25, 0.3) is 0 Å². The van der Waals surface area contributed by atoms with Crippen LogP contribution in [0.1, 0.15) is 35.7 Å². The molecule has 2 rings (SSSR count). The molecule has 1 aliphatic heterocycles. The van der Waals surface area contributed by atoms with Crippen LogP contribution >= 0.6 is 11.6 Å². The Bertz CT molecular complexity index is 439. The van der Waals surface area contributed by atoms with E-state index in [0.29, 0.717) is 28.6 Å². The SMILES string of the molecule is CC1NNC(C)C1c1ccc(Cl)c(C(N)=O)c1. The largest absolute Gasteiger partial charge is 0.366 e. The van der Waals surface area contributed by atoms with Gasteiger partial charge in [0.05, 0.1) is 10.6 Å². The van der Waals surface area contributed by atoms with Gasteiger partial charge in [-0.2, -0.15) is 0 Å². The van der Waals surface area contributed by atoms with Crippen LogP contribution in [0.5, 0.6) is 0 Å². The fraction of sp³-hybridized carbons (Fsp3) is 0.417. The van der Waals surface area contributed by atoms with Crippen LogP contribution in [0.3, 0.4) is 0 Å². The van der Waals surface area contributed by atoms with E-state index < -0.39 is 5.91 Å². The Morgan fingerprint density at radius 2 is 1.88 bits per heavy atom. The highest BCUT2D eigenvalue weighted by molar-refractivity contribution is 6.33. The molecule has 0 spiro atoms. The molecule has 1 saturated heterocycles. The monoisotopic (exact) mass is 253 g/mol. The Kier molecular flexibility index (Phi) is 3.38. The summed E-state index contributed by atoms with van der Waals surface area (Å²) in [6, 6.07) is 6.06. The van der Waals surface area contributed by atoms with E-state index in [1.54, 1.807) is 12.1 Å². The summed E-state index contributed by atoms with van der Waals surface area (Å²) in [5, 5.41) is 0.403. The number of benzene rings is 1. The Labute approximate surface area is 105 Å². The zero-order valence-electron chi connectivity index (χ0n) is 9.83. The van der Waals surface area contributed by atoms with Crippen LogP contribution in [-0.4, -0.2) is 18.0 Å². The summed E-state index contributed by atoms with van der Waals surface area (Å²) in [4.78, 5) is 11.3. The van der Waals surface area contributed by atoms with Crippen LogP contribution in [0.15, 0.2) is 18.2 Å². The van der Waals surface area contributed by atoms with Crippen molar-refractivity contribution in [3.8, 4) is 0 Å². The van der Waals surface area contributed by atoms with Gasteiger partial charge in [0.25, 0.3) is 0 Å². The molecule has 92 valence electrons. The van der Waals surface area contributed by atoms with Crippen molar-refractivity contribution in [2.75, 3.05) is 0 Å². The lowest BCUT2D eigenvalue weighted by Gasteiger charge is -2.19. The van der Waals surface area contributed by atoms with Gasteiger partial charge >= 0.3 is 0 Å².